The predicted octanol–water partition coefficient (Wildman–Crippen LogP) is 3.49. The minimum absolute atomic E-state index is 0.0454. The van der Waals surface area contributed by atoms with Gasteiger partial charge in [0, 0.05) is 17.9 Å². The number of imidazole rings is 1. The Morgan fingerprint density at radius 3 is 1.87 bits per heavy atom. The van der Waals surface area contributed by atoms with Gasteiger partial charge in [-0.25, -0.2) is 0 Å². The Kier molecular flexibility index (Phi) is 4.38. The first-order chi connectivity index (χ1) is 11.1. The van der Waals surface area contributed by atoms with Gasteiger partial charge in [-0.3, -0.25) is 4.98 Å². The highest BCUT2D eigenvalue weighted by Crippen LogP contribution is 2.23. The highest BCUT2D eigenvalue weighted by Gasteiger charge is 2.23. The zero-order valence-electron chi connectivity index (χ0n) is 14.1. The lowest BCUT2D eigenvalue weighted by atomic mass is 9.58. The Bertz CT molecular complexity index is 703. The van der Waals surface area contributed by atoms with Crippen LogP contribution >= 0.6 is 0 Å². The number of rotatable bonds is 4. The highest BCUT2D eigenvalue weighted by atomic mass is 15.1. The van der Waals surface area contributed by atoms with E-state index in [1.165, 1.54) is 11.1 Å². The molecule has 116 valence electrons. The van der Waals surface area contributed by atoms with Crippen molar-refractivity contribution in [2.75, 3.05) is 0 Å². The van der Waals surface area contributed by atoms with Crippen molar-refractivity contribution in [3.8, 4) is 0 Å². The summed E-state index contributed by atoms with van der Waals surface area (Å²) >= 11 is 0. The van der Waals surface area contributed by atoms with E-state index in [1.807, 2.05) is 6.20 Å². The largest absolute Gasteiger partial charge is 0.338 e. The summed E-state index contributed by atoms with van der Waals surface area (Å²) in [6.45, 7) is 6.66. The van der Waals surface area contributed by atoms with Crippen LogP contribution in [0.3, 0.4) is 0 Å². The molecule has 0 unspecified atom stereocenters. The zero-order chi connectivity index (χ0) is 16.3. The standard InChI is InChI=1S/C20H23BN2/c1-20(2,3)23-15-14-22-19(23)21-18(16-10-6-4-7-11-16)17-12-8-5-9-13-17/h4-15,18,21H,1-3H3. The van der Waals surface area contributed by atoms with Crippen LogP contribution in [-0.4, -0.2) is 16.8 Å². The molecule has 0 amide bonds. The number of aromatic nitrogens is 2. The third-order valence-corrected chi connectivity index (χ3v) is 4.23. The summed E-state index contributed by atoms with van der Waals surface area (Å²) in [4.78, 5) is 4.64. The van der Waals surface area contributed by atoms with Crippen LogP contribution in [-0.2, 0) is 5.54 Å². The molecule has 0 fully saturated rings. The first-order valence-electron chi connectivity index (χ1n) is 8.18. The molecule has 0 aliphatic heterocycles. The fraction of sp³-hybridized carbons (Fsp3) is 0.250. The van der Waals surface area contributed by atoms with E-state index in [2.05, 4.69) is 97.2 Å². The van der Waals surface area contributed by atoms with Gasteiger partial charge in [-0.05, 0) is 37.7 Å². The molecule has 0 aliphatic carbocycles. The molecule has 0 bridgehead atoms. The third kappa shape index (κ3) is 3.56. The van der Waals surface area contributed by atoms with Crippen LogP contribution in [0.1, 0.15) is 37.7 Å². The number of hydrogen-bond acceptors (Lipinski definition) is 1. The van der Waals surface area contributed by atoms with Crippen LogP contribution < -0.4 is 5.72 Å². The van der Waals surface area contributed by atoms with Crippen LogP contribution in [0.25, 0.3) is 0 Å². The lowest BCUT2D eigenvalue weighted by molar-refractivity contribution is 0.405. The molecule has 3 heteroatoms. The molecule has 1 heterocycles. The van der Waals surface area contributed by atoms with Crippen molar-refractivity contribution >= 4 is 13.0 Å². The van der Waals surface area contributed by atoms with Crippen molar-refractivity contribution < 1.29 is 0 Å². The van der Waals surface area contributed by atoms with Gasteiger partial charge in [-0.2, -0.15) is 0 Å². The second kappa shape index (κ2) is 6.45. The highest BCUT2D eigenvalue weighted by molar-refractivity contribution is 6.54. The third-order valence-electron chi connectivity index (χ3n) is 4.23. The summed E-state index contributed by atoms with van der Waals surface area (Å²) in [5.41, 5.74) is 3.85. The summed E-state index contributed by atoms with van der Waals surface area (Å²) < 4.78 is 2.28. The van der Waals surface area contributed by atoms with Gasteiger partial charge in [-0.15, -0.1) is 0 Å². The van der Waals surface area contributed by atoms with Crippen molar-refractivity contribution in [3.05, 3.63) is 84.2 Å². The van der Waals surface area contributed by atoms with E-state index >= 15 is 0 Å². The second-order valence-electron chi connectivity index (χ2n) is 6.96. The molecule has 0 N–H and O–H groups in total. The Balaban J connectivity index is 2.00. The fourth-order valence-electron chi connectivity index (χ4n) is 3.08. The van der Waals surface area contributed by atoms with Gasteiger partial charge in [0.1, 0.15) is 0 Å². The number of benzene rings is 2. The lowest BCUT2D eigenvalue weighted by Crippen LogP contribution is -2.38. The van der Waals surface area contributed by atoms with Crippen LogP contribution in [0.15, 0.2) is 73.1 Å². The molecule has 2 nitrogen and oxygen atoms in total. The monoisotopic (exact) mass is 302 g/mol. The van der Waals surface area contributed by atoms with E-state index in [0.717, 1.165) is 13.0 Å². The normalized spacial score (nSPS) is 11.7. The fourth-order valence-corrected chi connectivity index (χ4v) is 3.08. The van der Waals surface area contributed by atoms with E-state index in [4.69, 9.17) is 0 Å². The molecule has 0 spiro atoms. The van der Waals surface area contributed by atoms with E-state index in [1.54, 1.807) is 0 Å². The maximum absolute atomic E-state index is 4.64. The van der Waals surface area contributed by atoms with Gasteiger partial charge in [0.15, 0.2) is 0 Å². The molecule has 0 saturated carbocycles. The van der Waals surface area contributed by atoms with Crippen molar-refractivity contribution in [2.24, 2.45) is 0 Å². The van der Waals surface area contributed by atoms with Crippen molar-refractivity contribution in [1.29, 1.82) is 0 Å². The van der Waals surface area contributed by atoms with E-state index in [-0.39, 0.29) is 5.54 Å². The molecule has 3 rings (SSSR count). The van der Waals surface area contributed by atoms with Crippen molar-refractivity contribution in [2.45, 2.75) is 32.1 Å². The average molecular weight is 302 g/mol. The quantitative estimate of drug-likeness (QED) is 0.675. The molecule has 3 aromatic rings. The predicted molar refractivity (Wildman–Crippen MR) is 98.7 cm³/mol. The van der Waals surface area contributed by atoms with E-state index in [0.29, 0.717) is 5.82 Å². The maximum atomic E-state index is 4.64. The number of hydrogen-bond donors (Lipinski definition) is 0. The smallest absolute Gasteiger partial charge is 0.217 e. The van der Waals surface area contributed by atoms with E-state index < -0.39 is 0 Å². The molecule has 1 aromatic heterocycles. The van der Waals surface area contributed by atoms with Crippen LogP contribution in [0.2, 0.25) is 0 Å². The summed E-state index contributed by atoms with van der Waals surface area (Å²) in [7, 11) is 0.901. The maximum Gasteiger partial charge on any atom is 0.217 e. The van der Waals surface area contributed by atoms with Crippen LogP contribution in [0, 0.1) is 0 Å². The molecular formula is C20H23BN2. The average Bonchev–Trinajstić information content (AvgIpc) is 3.03. The van der Waals surface area contributed by atoms with Gasteiger partial charge in [-0.1, -0.05) is 60.7 Å². The van der Waals surface area contributed by atoms with Crippen molar-refractivity contribution in [1.82, 2.24) is 9.55 Å². The van der Waals surface area contributed by atoms with Crippen LogP contribution in [0.4, 0.5) is 0 Å². The second-order valence-corrected chi connectivity index (χ2v) is 6.96. The van der Waals surface area contributed by atoms with Crippen LogP contribution in [0.5, 0.6) is 0 Å². The molecule has 23 heavy (non-hydrogen) atoms. The van der Waals surface area contributed by atoms with Gasteiger partial charge < -0.3 is 4.57 Å². The summed E-state index contributed by atoms with van der Waals surface area (Å²) in [5, 5.41) is 0. The van der Waals surface area contributed by atoms with Gasteiger partial charge in [0.05, 0.1) is 5.72 Å². The Hall–Kier alpha value is -2.29. The Morgan fingerprint density at radius 1 is 0.870 bits per heavy atom. The van der Waals surface area contributed by atoms with Crippen molar-refractivity contribution in [3.63, 3.8) is 0 Å². The molecule has 0 radical (unpaired) electrons. The van der Waals surface area contributed by atoms with E-state index in [9.17, 15) is 0 Å². The first kappa shape index (κ1) is 15.6. The number of nitrogens with zero attached hydrogens (tertiary/aromatic N) is 2. The van der Waals surface area contributed by atoms with Gasteiger partial charge in [0.2, 0.25) is 7.28 Å². The lowest BCUT2D eigenvalue weighted by Gasteiger charge is -2.25. The SMILES string of the molecule is CC(C)(C)n1ccnc1BC(c1ccccc1)c1ccccc1. The topological polar surface area (TPSA) is 17.8 Å². The molecular weight excluding hydrogens is 279 g/mol. The van der Waals surface area contributed by atoms with Gasteiger partial charge >= 0.3 is 0 Å². The Morgan fingerprint density at radius 2 is 1.39 bits per heavy atom. The van der Waals surface area contributed by atoms with Gasteiger partial charge in [0.25, 0.3) is 0 Å². The molecule has 2 aromatic carbocycles. The summed E-state index contributed by atoms with van der Waals surface area (Å²) in [5.74, 6) is 0.320. The minimum atomic E-state index is 0.0454. The summed E-state index contributed by atoms with van der Waals surface area (Å²) in [6.07, 6.45) is 4.00. The minimum Gasteiger partial charge on any atom is -0.338 e. The Labute approximate surface area is 139 Å². The molecule has 0 aliphatic rings. The molecule has 0 saturated heterocycles. The zero-order valence-corrected chi connectivity index (χ0v) is 14.1. The first-order valence-corrected chi connectivity index (χ1v) is 8.18. The summed E-state index contributed by atoms with van der Waals surface area (Å²) in [6, 6.07) is 21.4. The molecule has 0 atom stereocenters.